The number of sulfone groups is 1. The van der Waals surface area contributed by atoms with Crippen molar-refractivity contribution in [2.75, 3.05) is 12.0 Å². The molecule has 0 saturated carbocycles. The van der Waals surface area contributed by atoms with Crippen molar-refractivity contribution in [3.05, 3.63) is 35.9 Å². The Labute approximate surface area is 103 Å². The summed E-state index contributed by atoms with van der Waals surface area (Å²) in [5.74, 6) is 0.0690. The Kier molecular flexibility index (Phi) is 5.65. The number of aliphatic hydroxyl groups is 1. The predicted molar refractivity (Wildman–Crippen MR) is 69.7 cm³/mol. The van der Waals surface area contributed by atoms with Crippen molar-refractivity contribution in [2.45, 2.75) is 31.8 Å². The Morgan fingerprint density at radius 3 is 2.41 bits per heavy atom. The second kappa shape index (κ2) is 6.77. The quantitative estimate of drug-likeness (QED) is 0.809. The summed E-state index contributed by atoms with van der Waals surface area (Å²) in [6.07, 6.45) is 3.50. The van der Waals surface area contributed by atoms with Gasteiger partial charge in [-0.2, -0.15) is 0 Å². The van der Waals surface area contributed by atoms with Gasteiger partial charge in [-0.05, 0) is 31.2 Å². The van der Waals surface area contributed by atoms with Crippen LogP contribution in [0.5, 0.6) is 0 Å². The van der Waals surface area contributed by atoms with Crippen LogP contribution in [0.4, 0.5) is 0 Å². The number of benzene rings is 1. The average molecular weight is 256 g/mol. The van der Waals surface area contributed by atoms with Crippen LogP contribution in [-0.2, 0) is 16.3 Å². The minimum atomic E-state index is -2.96. The smallest absolute Gasteiger partial charge is 0.147 e. The van der Waals surface area contributed by atoms with Crippen LogP contribution in [0.25, 0.3) is 0 Å². The first-order chi connectivity index (χ1) is 7.97. The maximum Gasteiger partial charge on any atom is 0.147 e. The van der Waals surface area contributed by atoms with Crippen molar-refractivity contribution in [3.8, 4) is 0 Å². The third-order valence-electron chi connectivity index (χ3n) is 2.67. The average Bonchev–Trinajstić information content (AvgIpc) is 2.27. The first-order valence-corrected chi connectivity index (χ1v) is 7.93. The van der Waals surface area contributed by atoms with Gasteiger partial charge in [0.1, 0.15) is 9.84 Å². The molecule has 3 nitrogen and oxygen atoms in total. The zero-order valence-electron chi connectivity index (χ0n) is 10.2. The minimum absolute atomic E-state index is 0.0690. The highest BCUT2D eigenvalue weighted by Gasteiger charge is 2.09. The molecule has 0 aliphatic rings. The SMILES string of the molecule is CS(=O)(=O)CCC(O)CCCc1ccccc1. The van der Waals surface area contributed by atoms with E-state index in [1.54, 1.807) is 0 Å². The molecule has 0 aromatic heterocycles. The molecule has 0 amide bonds. The van der Waals surface area contributed by atoms with Gasteiger partial charge in [0.2, 0.25) is 0 Å². The van der Waals surface area contributed by atoms with Crippen molar-refractivity contribution in [2.24, 2.45) is 0 Å². The van der Waals surface area contributed by atoms with Gasteiger partial charge in [0.05, 0.1) is 11.9 Å². The predicted octanol–water partition coefficient (Wildman–Crippen LogP) is 1.80. The van der Waals surface area contributed by atoms with Crippen LogP contribution in [0.2, 0.25) is 0 Å². The first-order valence-electron chi connectivity index (χ1n) is 5.87. The molecular weight excluding hydrogens is 236 g/mol. The van der Waals surface area contributed by atoms with Crippen LogP contribution in [0.15, 0.2) is 30.3 Å². The Hall–Kier alpha value is -0.870. The van der Waals surface area contributed by atoms with Gasteiger partial charge in [-0.15, -0.1) is 0 Å². The molecule has 0 radical (unpaired) electrons. The summed E-state index contributed by atoms with van der Waals surface area (Å²) >= 11 is 0. The summed E-state index contributed by atoms with van der Waals surface area (Å²) in [5, 5.41) is 9.63. The molecule has 1 N–H and O–H groups in total. The van der Waals surface area contributed by atoms with Crippen LogP contribution < -0.4 is 0 Å². The molecule has 1 atom stereocenters. The zero-order chi connectivity index (χ0) is 12.7. The van der Waals surface area contributed by atoms with E-state index < -0.39 is 15.9 Å². The molecule has 0 bridgehead atoms. The van der Waals surface area contributed by atoms with E-state index in [1.165, 1.54) is 11.8 Å². The largest absolute Gasteiger partial charge is 0.393 e. The van der Waals surface area contributed by atoms with E-state index >= 15 is 0 Å². The van der Waals surface area contributed by atoms with Crippen molar-refractivity contribution in [1.82, 2.24) is 0 Å². The lowest BCUT2D eigenvalue weighted by Gasteiger charge is -2.09. The van der Waals surface area contributed by atoms with Gasteiger partial charge in [-0.3, -0.25) is 0 Å². The molecule has 0 fully saturated rings. The summed E-state index contributed by atoms with van der Waals surface area (Å²) < 4.78 is 21.8. The highest BCUT2D eigenvalue weighted by molar-refractivity contribution is 7.90. The van der Waals surface area contributed by atoms with E-state index in [1.807, 2.05) is 18.2 Å². The Morgan fingerprint density at radius 1 is 1.18 bits per heavy atom. The van der Waals surface area contributed by atoms with E-state index in [0.29, 0.717) is 12.8 Å². The third kappa shape index (κ3) is 7.13. The number of rotatable bonds is 7. The molecule has 1 aromatic rings. The van der Waals surface area contributed by atoms with Crippen LogP contribution in [0.1, 0.15) is 24.8 Å². The molecule has 1 aromatic carbocycles. The second-order valence-electron chi connectivity index (χ2n) is 4.45. The summed E-state index contributed by atoms with van der Waals surface area (Å²) in [5.41, 5.74) is 1.25. The van der Waals surface area contributed by atoms with Crippen LogP contribution in [0.3, 0.4) is 0 Å². The molecule has 17 heavy (non-hydrogen) atoms. The molecule has 0 aliphatic heterocycles. The van der Waals surface area contributed by atoms with Gasteiger partial charge in [0, 0.05) is 6.26 Å². The minimum Gasteiger partial charge on any atom is -0.393 e. The van der Waals surface area contributed by atoms with E-state index in [-0.39, 0.29) is 5.75 Å². The van der Waals surface area contributed by atoms with E-state index in [9.17, 15) is 13.5 Å². The molecular formula is C13H20O3S. The van der Waals surface area contributed by atoms with Crippen molar-refractivity contribution >= 4 is 9.84 Å². The van der Waals surface area contributed by atoms with Gasteiger partial charge >= 0.3 is 0 Å². The maximum absolute atomic E-state index is 10.9. The number of aliphatic hydroxyl groups excluding tert-OH is 1. The van der Waals surface area contributed by atoms with Crippen molar-refractivity contribution in [3.63, 3.8) is 0 Å². The fourth-order valence-electron chi connectivity index (χ4n) is 1.68. The van der Waals surface area contributed by atoms with Crippen molar-refractivity contribution < 1.29 is 13.5 Å². The van der Waals surface area contributed by atoms with E-state index in [0.717, 1.165) is 12.8 Å². The normalized spacial score (nSPS) is 13.5. The lowest BCUT2D eigenvalue weighted by molar-refractivity contribution is 0.158. The number of hydrogen-bond donors (Lipinski definition) is 1. The molecule has 0 heterocycles. The van der Waals surface area contributed by atoms with E-state index in [2.05, 4.69) is 12.1 Å². The van der Waals surface area contributed by atoms with Gasteiger partial charge < -0.3 is 5.11 Å². The molecule has 0 spiro atoms. The summed E-state index contributed by atoms with van der Waals surface area (Å²) in [4.78, 5) is 0. The summed E-state index contributed by atoms with van der Waals surface area (Å²) in [6, 6.07) is 10.1. The third-order valence-corrected chi connectivity index (χ3v) is 3.64. The van der Waals surface area contributed by atoms with Crippen LogP contribution in [0, 0.1) is 0 Å². The molecule has 0 aliphatic carbocycles. The first kappa shape index (κ1) is 14.2. The lowest BCUT2D eigenvalue weighted by Crippen LogP contribution is -2.14. The maximum atomic E-state index is 10.9. The highest BCUT2D eigenvalue weighted by atomic mass is 32.2. The fourth-order valence-corrected chi connectivity index (χ4v) is 2.38. The van der Waals surface area contributed by atoms with Crippen molar-refractivity contribution in [1.29, 1.82) is 0 Å². The standard InChI is InChI=1S/C13H20O3S/c1-17(15,16)11-10-13(14)9-5-8-12-6-3-2-4-7-12/h2-4,6-7,13-14H,5,8-11H2,1H3. The van der Waals surface area contributed by atoms with Crippen LogP contribution in [-0.4, -0.2) is 31.6 Å². The lowest BCUT2D eigenvalue weighted by atomic mass is 10.1. The Morgan fingerprint density at radius 2 is 1.82 bits per heavy atom. The highest BCUT2D eigenvalue weighted by Crippen LogP contribution is 2.09. The molecule has 1 rings (SSSR count). The van der Waals surface area contributed by atoms with E-state index in [4.69, 9.17) is 0 Å². The van der Waals surface area contributed by atoms with Crippen LogP contribution >= 0.6 is 0 Å². The topological polar surface area (TPSA) is 54.4 Å². The fraction of sp³-hybridized carbons (Fsp3) is 0.538. The Balaban J connectivity index is 2.18. The second-order valence-corrected chi connectivity index (χ2v) is 6.71. The van der Waals surface area contributed by atoms with Gasteiger partial charge in [0.15, 0.2) is 0 Å². The zero-order valence-corrected chi connectivity index (χ0v) is 11.0. The van der Waals surface area contributed by atoms with Gasteiger partial charge in [-0.25, -0.2) is 8.42 Å². The molecule has 96 valence electrons. The molecule has 1 unspecified atom stereocenters. The Bertz CT molecular complexity index is 412. The summed E-state index contributed by atoms with van der Waals surface area (Å²) in [7, 11) is -2.96. The van der Waals surface area contributed by atoms with Gasteiger partial charge in [-0.1, -0.05) is 30.3 Å². The molecule has 4 heteroatoms. The monoisotopic (exact) mass is 256 g/mol. The summed E-state index contributed by atoms with van der Waals surface area (Å²) in [6.45, 7) is 0. The van der Waals surface area contributed by atoms with Gasteiger partial charge in [0.25, 0.3) is 0 Å². The number of aryl methyl sites for hydroxylation is 1. The molecule has 0 saturated heterocycles. The number of hydrogen-bond acceptors (Lipinski definition) is 3.